The number of hydrogen-bond acceptors (Lipinski definition) is 8. The molecule has 6 heterocycles. The first kappa shape index (κ1) is 73.1. The van der Waals surface area contributed by atoms with Crippen LogP contribution in [0.3, 0.4) is 0 Å². The van der Waals surface area contributed by atoms with Crippen LogP contribution in [-0.2, 0) is 6.42 Å². The van der Waals surface area contributed by atoms with E-state index >= 15 is 0 Å². The highest BCUT2D eigenvalue weighted by Crippen LogP contribution is 2.48. The summed E-state index contributed by atoms with van der Waals surface area (Å²) < 4.78 is 18.5. The Hall–Kier alpha value is -16.0. The summed E-state index contributed by atoms with van der Waals surface area (Å²) in [5, 5.41) is 8.72. The van der Waals surface area contributed by atoms with Crippen LogP contribution in [0.5, 0.6) is 0 Å². The van der Waals surface area contributed by atoms with Gasteiger partial charge in [-0.3, -0.25) is 0 Å². The second-order valence-electron chi connectivity index (χ2n) is 32.9. The van der Waals surface area contributed by atoms with Crippen molar-refractivity contribution in [2.24, 2.45) is 0 Å². The molecule has 23 aromatic rings. The minimum absolute atomic E-state index is 0.546. The van der Waals surface area contributed by atoms with Crippen molar-refractivity contribution < 1.29 is 8.83 Å². The maximum absolute atomic E-state index is 7.18. The lowest BCUT2D eigenvalue weighted by molar-refractivity contribution is 0.664. The molecule has 10 heteroatoms. The van der Waals surface area contributed by atoms with Crippen molar-refractivity contribution in [2.45, 2.75) is 41.0 Å². The molecule has 0 aliphatic carbocycles. The van der Waals surface area contributed by atoms with Gasteiger partial charge < -0.3 is 18.0 Å². The third kappa shape index (κ3) is 12.8. The van der Waals surface area contributed by atoms with Gasteiger partial charge in [0, 0.05) is 82.9 Å². The van der Waals surface area contributed by atoms with E-state index in [9.17, 15) is 0 Å². The highest BCUT2D eigenvalue weighted by atomic mass is 16.3. The van der Waals surface area contributed by atoms with E-state index in [4.69, 9.17) is 38.7 Å². The lowest BCUT2D eigenvalue weighted by Crippen LogP contribution is -2.04. The molecule has 0 saturated heterocycles. The Kier molecular flexibility index (Phi) is 17.5. The normalized spacial score (nSPS) is 11.8. The number of fused-ring (bicyclic) bond motifs is 12. The molecule has 586 valence electrons. The zero-order valence-corrected chi connectivity index (χ0v) is 68.8. The predicted molar refractivity (Wildman–Crippen MR) is 509 cm³/mol. The zero-order chi connectivity index (χ0) is 82.8. The summed E-state index contributed by atoms with van der Waals surface area (Å²) in [5.74, 6) is 3.43. The van der Waals surface area contributed by atoms with Crippen LogP contribution in [0, 0.1) is 34.6 Å². The van der Waals surface area contributed by atoms with E-state index in [0.29, 0.717) is 41.4 Å². The number of hydrogen-bond donors (Lipinski definition) is 0. The molecule has 17 aromatic carbocycles. The second-order valence-corrected chi connectivity index (χ2v) is 32.9. The Morgan fingerprint density at radius 2 is 0.629 bits per heavy atom. The number of para-hydroxylation sites is 3. The Morgan fingerprint density at radius 1 is 0.226 bits per heavy atom. The third-order valence-electron chi connectivity index (χ3n) is 24.5. The molecule has 10 nitrogen and oxygen atoms in total. The first-order valence-electron chi connectivity index (χ1n) is 42.2. The molecule has 0 radical (unpaired) electrons. The Morgan fingerprint density at radius 3 is 1.15 bits per heavy atom. The smallest absolute Gasteiger partial charge is 0.166 e. The van der Waals surface area contributed by atoms with Gasteiger partial charge in [0.05, 0.1) is 33.4 Å². The Bertz CT molecular complexity index is 8000. The zero-order valence-electron chi connectivity index (χ0n) is 68.8. The van der Waals surface area contributed by atoms with E-state index in [2.05, 4.69) is 329 Å². The Labute approximate surface area is 716 Å². The van der Waals surface area contributed by atoms with Crippen molar-refractivity contribution in [3.8, 4) is 135 Å². The lowest BCUT2D eigenvalue weighted by Gasteiger charge is -2.17. The van der Waals surface area contributed by atoms with Crippen molar-refractivity contribution in [1.82, 2.24) is 39.0 Å². The van der Waals surface area contributed by atoms with Gasteiger partial charge in [-0.15, -0.1) is 0 Å². The van der Waals surface area contributed by atoms with Gasteiger partial charge in [-0.05, 0) is 180 Å². The maximum atomic E-state index is 7.18. The molecule has 0 N–H and O–H groups in total. The van der Waals surface area contributed by atoms with Gasteiger partial charge in [0.2, 0.25) is 0 Å². The largest absolute Gasteiger partial charge is 0.456 e. The summed E-state index contributed by atoms with van der Waals surface area (Å²) in [5.41, 5.74) is 33.9. The number of aromatic nitrogens is 8. The third-order valence-corrected chi connectivity index (χ3v) is 24.5. The predicted octanol–water partition coefficient (Wildman–Crippen LogP) is 29.5. The highest BCUT2D eigenvalue weighted by molar-refractivity contribution is 6.17. The van der Waals surface area contributed by atoms with Crippen molar-refractivity contribution in [2.75, 3.05) is 0 Å². The number of nitrogens with zero attached hydrogens (tertiary/aromatic N) is 8. The molecule has 0 spiro atoms. The van der Waals surface area contributed by atoms with Crippen molar-refractivity contribution in [3.63, 3.8) is 0 Å². The molecular weight excluding hydrogens is 1510 g/mol. The molecule has 0 unspecified atom stereocenters. The van der Waals surface area contributed by atoms with Gasteiger partial charge in [0.25, 0.3) is 0 Å². The van der Waals surface area contributed by atoms with Crippen LogP contribution in [0.4, 0.5) is 0 Å². The quantitative estimate of drug-likeness (QED) is 0.0997. The molecule has 23 rings (SSSR count). The summed E-state index contributed by atoms with van der Waals surface area (Å²) in [6.45, 7) is 11.0. The standard InChI is InChI=1S/C114H78N8O2/c1-68-55-69(2)58-84(57-68)78-42-50-90-91-51-43-79(85-59-70(3)56-71(4)60-85)67-102(91)122(101(90)66-78)100-54-47-82(65-96(100)114-119-111(76-29-14-8-15-30-76)116-112(120-114)77-31-16-9-17-32-77)88-49-44-83(108-107(88)93-35-20-23-39-104(93)124-108)62-73-41-48-86(72(5)61-73)80-45-52-98-94(63-80)89-33-18-21-37-97(89)121(98)99-53-46-81(87-36-24-40-105-106(87)92-34-19-22-38-103(92)123-105)64-95(99)113-117-109(74-25-10-6-11-26-74)115-110(118-113)75-27-12-7-13-28-75/h6-61,63-67H,62H2,1-5H3. The van der Waals surface area contributed by atoms with E-state index in [-0.39, 0.29) is 0 Å². The fourth-order valence-electron chi connectivity index (χ4n) is 19.0. The number of furan rings is 2. The highest BCUT2D eigenvalue weighted by Gasteiger charge is 2.27. The maximum Gasteiger partial charge on any atom is 0.166 e. The van der Waals surface area contributed by atoms with Crippen LogP contribution in [0.1, 0.15) is 38.9 Å². The van der Waals surface area contributed by atoms with Crippen molar-refractivity contribution >= 4 is 87.5 Å². The van der Waals surface area contributed by atoms with Crippen LogP contribution in [-0.4, -0.2) is 39.0 Å². The molecule has 0 fully saturated rings. The van der Waals surface area contributed by atoms with Crippen molar-refractivity contribution in [3.05, 3.63) is 409 Å². The molecule has 0 amide bonds. The molecule has 0 aliphatic heterocycles. The lowest BCUT2D eigenvalue weighted by atomic mass is 9.92. The van der Waals surface area contributed by atoms with E-state index in [1.807, 2.05) is 84.9 Å². The van der Waals surface area contributed by atoms with Crippen LogP contribution in [0.25, 0.3) is 223 Å². The Balaban J connectivity index is 0.656. The molecule has 6 aromatic heterocycles. The average Bonchev–Trinajstić information content (AvgIpc) is 1.46. The van der Waals surface area contributed by atoms with Crippen molar-refractivity contribution in [1.29, 1.82) is 0 Å². The number of aryl methyl sites for hydroxylation is 5. The first-order valence-corrected chi connectivity index (χ1v) is 42.2. The van der Waals surface area contributed by atoms with Gasteiger partial charge >= 0.3 is 0 Å². The number of benzene rings is 17. The van der Waals surface area contributed by atoms with Crippen LogP contribution in [0.15, 0.2) is 379 Å². The second kappa shape index (κ2) is 29.7. The minimum atomic E-state index is 0.546. The molecule has 0 atom stereocenters. The topological polar surface area (TPSA) is 113 Å². The summed E-state index contributed by atoms with van der Waals surface area (Å²) in [4.78, 5) is 32.4. The van der Waals surface area contributed by atoms with Gasteiger partial charge in [-0.1, -0.05) is 320 Å². The number of rotatable bonds is 15. The molecule has 0 bridgehead atoms. The minimum Gasteiger partial charge on any atom is -0.456 e. The van der Waals surface area contributed by atoms with Gasteiger partial charge in [0.15, 0.2) is 34.9 Å². The van der Waals surface area contributed by atoms with E-state index in [1.165, 1.54) is 38.9 Å². The van der Waals surface area contributed by atoms with E-state index in [0.717, 1.165) is 188 Å². The summed E-state index contributed by atoms with van der Waals surface area (Å²) >= 11 is 0. The van der Waals surface area contributed by atoms with Crippen LogP contribution < -0.4 is 0 Å². The molecule has 0 aliphatic rings. The fraction of sp³-hybridized carbons (Fsp3) is 0.0526. The molecule has 0 saturated carbocycles. The van der Waals surface area contributed by atoms with Gasteiger partial charge in [0.1, 0.15) is 22.3 Å². The van der Waals surface area contributed by atoms with E-state index in [1.54, 1.807) is 0 Å². The SMILES string of the molecule is Cc1cc(C)cc(-c2ccc3c4ccc(-c5cc(C)cc(C)c5)cc4n(-c4ccc(-c5ccc(Cc6ccc(-c7ccc8c(c7)c7ccccc7n8-c7ccc(-c8cccc9oc%10ccccc%10c89)cc7-c7nc(-c8ccccc8)nc(-c8ccccc8)n7)c(C)c6)c6oc7ccccc7c56)cc4-c4nc(-c5ccccc5)nc(-c5ccccc5)n4)c3c2)c1. The van der Waals surface area contributed by atoms with Crippen LogP contribution >= 0.6 is 0 Å². The summed E-state index contributed by atoms with van der Waals surface area (Å²) in [6, 6.07) is 132. The first-order chi connectivity index (χ1) is 60.9. The van der Waals surface area contributed by atoms with E-state index < -0.39 is 0 Å². The van der Waals surface area contributed by atoms with Gasteiger partial charge in [-0.2, -0.15) is 0 Å². The molecule has 124 heavy (non-hydrogen) atoms. The monoisotopic (exact) mass is 1590 g/mol. The molecular formula is C114H78N8O2. The summed E-state index contributed by atoms with van der Waals surface area (Å²) in [6.07, 6.45) is 0.627. The van der Waals surface area contributed by atoms with Crippen LogP contribution in [0.2, 0.25) is 0 Å². The summed E-state index contributed by atoms with van der Waals surface area (Å²) in [7, 11) is 0. The average molecular weight is 1590 g/mol. The van der Waals surface area contributed by atoms with Gasteiger partial charge in [-0.25, -0.2) is 29.9 Å². The fourth-order valence-corrected chi connectivity index (χ4v) is 19.0.